The summed E-state index contributed by atoms with van der Waals surface area (Å²) in [6, 6.07) is 10.9. The first-order chi connectivity index (χ1) is 15.9. The molecule has 0 N–H and O–H groups in total. The Kier molecular flexibility index (Phi) is 7.41. The standard InChI is InChI=1S/C24H25N3O6/c1-5-26(14-17-8-9-19(30-3)20(12-17)31-4)21(28)15-32-24(29)22-16(2)33-23(18(22)13-25)27-10-6-7-11-27/h6-12H,5,14-15H2,1-4H3. The highest BCUT2D eigenvalue weighted by atomic mass is 16.5. The van der Waals surface area contributed by atoms with Crippen molar-refractivity contribution in [2.75, 3.05) is 27.4 Å². The first kappa shape index (κ1) is 23.5. The molecule has 0 radical (unpaired) electrons. The molecule has 9 nitrogen and oxygen atoms in total. The van der Waals surface area contributed by atoms with Crippen LogP contribution in [-0.4, -0.2) is 48.7 Å². The molecular weight excluding hydrogens is 426 g/mol. The molecule has 9 heteroatoms. The van der Waals surface area contributed by atoms with Crippen molar-refractivity contribution in [3.05, 3.63) is 65.2 Å². The molecule has 0 aliphatic heterocycles. The lowest BCUT2D eigenvalue weighted by molar-refractivity contribution is -0.134. The second-order valence-corrected chi connectivity index (χ2v) is 7.09. The Morgan fingerprint density at radius 1 is 1.15 bits per heavy atom. The predicted molar refractivity (Wildman–Crippen MR) is 118 cm³/mol. The Balaban J connectivity index is 1.70. The van der Waals surface area contributed by atoms with Crippen molar-refractivity contribution in [1.29, 1.82) is 5.26 Å². The number of furan rings is 1. The van der Waals surface area contributed by atoms with Gasteiger partial charge in [0.15, 0.2) is 18.1 Å². The molecule has 33 heavy (non-hydrogen) atoms. The topological polar surface area (TPSA) is 107 Å². The molecule has 3 aromatic rings. The molecule has 0 saturated heterocycles. The number of aryl methyl sites for hydroxylation is 1. The van der Waals surface area contributed by atoms with Crippen molar-refractivity contribution < 1.29 is 28.2 Å². The molecule has 0 unspecified atom stereocenters. The number of hydrogen-bond donors (Lipinski definition) is 0. The Labute approximate surface area is 191 Å². The summed E-state index contributed by atoms with van der Waals surface area (Å²) in [5.41, 5.74) is 0.902. The summed E-state index contributed by atoms with van der Waals surface area (Å²) in [5, 5.41) is 9.58. The predicted octanol–water partition coefficient (Wildman–Crippen LogP) is 3.47. The summed E-state index contributed by atoms with van der Waals surface area (Å²) >= 11 is 0. The van der Waals surface area contributed by atoms with Gasteiger partial charge in [-0.1, -0.05) is 6.07 Å². The van der Waals surface area contributed by atoms with E-state index in [1.54, 1.807) is 67.3 Å². The lowest BCUT2D eigenvalue weighted by Crippen LogP contribution is -2.34. The van der Waals surface area contributed by atoms with Crippen LogP contribution in [0.5, 0.6) is 11.5 Å². The van der Waals surface area contributed by atoms with E-state index in [4.69, 9.17) is 18.6 Å². The first-order valence-electron chi connectivity index (χ1n) is 10.3. The molecular formula is C24H25N3O6. The second kappa shape index (κ2) is 10.4. The quantitative estimate of drug-likeness (QED) is 0.459. The second-order valence-electron chi connectivity index (χ2n) is 7.09. The number of rotatable bonds is 9. The fraction of sp³-hybridized carbons (Fsp3) is 0.292. The molecule has 0 atom stereocenters. The zero-order valence-corrected chi connectivity index (χ0v) is 19.0. The van der Waals surface area contributed by atoms with Gasteiger partial charge in [-0.3, -0.25) is 9.36 Å². The summed E-state index contributed by atoms with van der Waals surface area (Å²) in [4.78, 5) is 27.0. The Hall–Kier alpha value is -4.19. The van der Waals surface area contributed by atoms with Gasteiger partial charge in [0.2, 0.25) is 5.88 Å². The van der Waals surface area contributed by atoms with E-state index in [-0.39, 0.29) is 28.7 Å². The van der Waals surface area contributed by atoms with E-state index in [0.29, 0.717) is 24.6 Å². The maximum Gasteiger partial charge on any atom is 0.343 e. The molecule has 0 aliphatic carbocycles. The summed E-state index contributed by atoms with van der Waals surface area (Å²) < 4.78 is 23.0. The van der Waals surface area contributed by atoms with Gasteiger partial charge in [-0.05, 0) is 43.7 Å². The lowest BCUT2D eigenvalue weighted by atomic mass is 10.1. The van der Waals surface area contributed by atoms with E-state index in [1.807, 2.05) is 19.1 Å². The van der Waals surface area contributed by atoms with Crippen molar-refractivity contribution in [2.24, 2.45) is 0 Å². The highest BCUT2D eigenvalue weighted by Gasteiger charge is 2.26. The van der Waals surface area contributed by atoms with Crippen LogP contribution in [0, 0.1) is 18.3 Å². The van der Waals surface area contributed by atoms with E-state index in [1.165, 1.54) is 0 Å². The van der Waals surface area contributed by atoms with Crippen LogP contribution < -0.4 is 9.47 Å². The maximum atomic E-state index is 12.7. The molecule has 172 valence electrons. The third kappa shape index (κ3) is 5.01. The van der Waals surface area contributed by atoms with E-state index in [2.05, 4.69) is 0 Å². The van der Waals surface area contributed by atoms with Crippen molar-refractivity contribution in [2.45, 2.75) is 20.4 Å². The molecule has 2 aromatic heterocycles. The maximum absolute atomic E-state index is 12.7. The van der Waals surface area contributed by atoms with E-state index >= 15 is 0 Å². The number of esters is 1. The van der Waals surface area contributed by atoms with Gasteiger partial charge in [0, 0.05) is 25.5 Å². The number of benzene rings is 1. The van der Waals surface area contributed by atoms with Gasteiger partial charge in [0.05, 0.1) is 14.2 Å². The highest BCUT2D eigenvalue weighted by Crippen LogP contribution is 2.28. The van der Waals surface area contributed by atoms with Crippen LogP contribution in [0.1, 0.15) is 34.2 Å². The monoisotopic (exact) mass is 451 g/mol. The van der Waals surface area contributed by atoms with Crippen molar-refractivity contribution >= 4 is 11.9 Å². The summed E-state index contributed by atoms with van der Waals surface area (Å²) in [7, 11) is 3.09. The third-order valence-corrected chi connectivity index (χ3v) is 5.10. The Bertz CT molecular complexity index is 1170. The number of likely N-dealkylation sites (N-methyl/N-ethyl adjacent to an activating group) is 1. The molecule has 0 fully saturated rings. The molecule has 0 saturated carbocycles. The molecule has 1 amide bonds. The van der Waals surface area contributed by atoms with E-state index in [9.17, 15) is 14.9 Å². The average Bonchev–Trinajstić information content (AvgIpc) is 3.47. The van der Waals surface area contributed by atoms with Gasteiger partial charge in [0.1, 0.15) is 23.0 Å². The molecule has 3 rings (SSSR count). The number of aromatic nitrogens is 1. The van der Waals surface area contributed by atoms with Crippen molar-refractivity contribution in [3.63, 3.8) is 0 Å². The number of carbonyl (C=O) groups excluding carboxylic acids is 2. The SMILES string of the molecule is CCN(Cc1ccc(OC)c(OC)c1)C(=O)COC(=O)c1c(C)oc(-n2cccc2)c1C#N. The number of nitriles is 1. The molecule has 2 heterocycles. The van der Waals surface area contributed by atoms with Gasteiger partial charge in [-0.15, -0.1) is 0 Å². The number of nitrogens with zero attached hydrogens (tertiary/aromatic N) is 3. The van der Waals surface area contributed by atoms with Gasteiger partial charge in [0.25, 0.3) is 5.91 Å². The first-order valence-corrected chi connectivity index (χ1v) is 10.3. The molecule has 0 bridgehead atoms. The van der Waals surface area contributed by atoms with Crippen LogP contribution in [0.15, 0.2) is 47.1 Å². The Morgan fingerprint density at radius 2 is 1.85 bits per heavy atom. The van der Waals surface area contributed by atoms with Crippen molar-refractivity contribution in [1.82, 2.24) is 9.47 Å². The average molecular weight is 451 g/mol. The van der Waals surface area contributed by atoms with Crippen LogP contribution in [0.2, 0.25) is 0 Å². The summed E-state index contributed by atoms with van der Waals surface area (Å²) in [5.74, 6) is 0.454. The summed E-state index contributed by atoms with van der Waals surface area (Å²) in [6.07, 6.45) is 3.40. The lowest BCUT2D eigenvalue weighted by Gasteiger charge is -2.21. The molecule has 0 spiro atoms. The van der Waals surface area contributed by atoms with E-state index in [0.717, 1.165) is 5.56 Å². The number of carbonyl (C=O) groups is 2. The third-order valence-electron chi connectivity index (χ3n) is 5.10. The van der Waals surface area contributed by atoms with E-state index < -0.39 is 12.6 Å². The zero-order chi connectivity index (χ0) is 24.0. The van der Waals surface area contributed by atoms with Crippen LogP contribution >= 0.6 is 0 Å². The van der Waals surface area contributed by atoms with Gasteiger partial charge < -0.3 is 23.5 Å². The van der Waals surface area contributed by atoms with Gasteiger partial charge >= 0.3 is 5.97 Å². The highest BCUT2D eigenvalue weighted by molar-refractivity contribution is 5.95. The normalized spacial score (nSPS) is 10.4. The zero-order valence-electron chi connectivity index (χ0n) is 19.0. The minimum atomic E-state index is -0.790. The number of ether oxygens (including phenoxy) is 3. The fourth-order valence-corrected chi connectivity index (χ4v) is 3.40. The van der Waals surface area contributed by atoms with Crippen LogP contribution in [0.25, 0.3) is 5.88 Å². The fourth-order valence-electron chi connectivity index (χ4n) is 3.40. The summed E-state index contributed by atoms with van der Waals surface area (Å²) in [6.45, 7) is 3.66. The molecule has 0 aliphatic rings. The smallest absolute Gasteiger partial charge is 0.343 e. The minimum absolute atomic E-state index is 0.0111. The van der Waals surface area contributed by atoms with Crippen LogP contribution in [0.4, 0.5) is 0 Å². The Morgan fingerprint density at radius 3 is 2.45 bits per heavy atom. The minimum Gasteiger partial charge on any atom is -0.493 e. The van der Waals surface area contributed by atoms with Gasteiger partial charge in [-0.2, -0.15) is 5.26 Å². The number of hydrogen-bond acceptors (Lipinski definition) is 7. The van der Waals surface area contributed by atoms with Gasteiger partial charge in [-0.25, -0.2) is 4.79 Å². The largest absolute Gasteiger partial charge is 0.493 e. The van der Waals surface area contributed by atoms with Crippen LogP contribution in [0.3, 0.4) is 0 Å². The number of amides is 1. The number of methoxy groups -OCH3 is 2. The van der Waals surface area contributed by atoms with Crippen LogP contribution in [-0.2, 0) is 16.1 Å². The molecule has 1 aromatic carbocycles. The van der Waals surface area contributed by atoms with Crippen molar-refractivity contribution in [3.8, 4) is 23.5 Å².